The van der Waals surface area contributed by atoms with Crippen LogP contribution >= 0.6 is 0 Å². The van der Waals surface area contributed by atoms with Crippen LogP contribution in [0.25, 0.3) is 0 Å². The van der Waals surface area contributed by atoms with Crippen molar-refractivity contribution < 1.29 is 32.9 Å². The zero-order valence-electron chi connectivity index (χ0n) is 13.0. The number of hydrogen-bond acceptors (Lipinski definition) is 4. The molecule has 2 N–H and O–H groups in total. The summed E-state index contributed by atoms with van der Waals surface area (Å²) in [4.78, 5) is 16.2. The van der Waals surface area contributed by atoms with Crippen molar-refractivity contribution in [2.75, 3.05) is 13.2 Å². The third-order valence-electron chi connectivity index (χ3n) is 2.94. The highest BCUT2D eigenvalue weighted by molar-refractivity contribution is 5.67. The van der Waals surface area contributed by atoms with Gasteiger partial charge in [-0.05, 0) is 32.4 Å². The average molecular weight is 336 g/mol. The molecule has 1 amide bonds. The lowest BCUT2D eigenvalue weighted by Gasteiger charge is -2.38. The normalized spacial score (nSPS) is 13.5. The number of carboxylic acid groups (broad SMARTS) is 1. The van der Waals surface area contributed by atoms with E-state index in [1.54, 1.807) is 20.8 Å². The summed E-state index contributed by atoms with van der Waals surface area (Å²) in [6.45, 7) is 3.04. The fourth-order valence-corrected chi connectivity index (χ4v) is 2.05. The van der Waals surface area contributed by atoms with Gasteiger partial charge in [0.1, 0.15) is 0 Å². The first kappa shape index (κ1) is 19.0. The molecule has 0 fully saturated rings. The fourth-order valence-electron chi connectivity index (χ4n) is 2.05. The van der Waals surface area contributed by atoms with Crippen molar-refractivity contribution in [1.29, 1.82) is 0 Å². The number of hydrogen-bond donors (Lipinski definition) is 2. The monoisotopic (exact) mass is 336 g/mol. The highest BCUT2D eigenvalue weighted by atomic mass is 19.4. The molecule has 0 saturated carbocycles. The maximum absolute atomic E-state index is 12.1. The molecule has 0 saturated heterocycles. The minimum Gasteiger partial charge on any atom is -0.468 e. The van der Waals surface area contributed by atoms with E-state index in [2.05, 4.69) is 9.72 Å². The molecule has 1 aromatic rings. The molecule has 0 aliphatic carbocycles. The standard InChI is InChI=1S/C14H19F3N2O4/c1-13(2,3)19(12(21)22)10(7-20)9-4-5-11(18-6-9)23-8-14(15,16)17/h4-6,10,20H,7-8H2,1-3H3,(H,21,22). The lowest BCUT2D eigenvalue weighted by Crippen LogP contribution is -2.48. The molecule has 0 radical (unpaired) electrons. The van der Waals surface area contributed by atoms with Crippen LogP contribution in [0.5, 0.6) is 5.88 Å². The van der Waals surface area contributed by atoms with Gasteiger partial charge in [-0.2, -0.15) is 13.2 Å². The predicted octanol–water partition coefficient (Wildman–Crippen LogP) is 2.83. The third-order valence-corrected chi connectivity index (χ3v) is 2.94. The summed E-state index contributed by atoms with van der Waals surface area (Å²) in [5.41, 5.74) is -0.436. The van der Waals surface area contributed by atoms with E-state index in [4.69, 9.17) is 0 Å². The van der Waals surface area contributed by atoms with Crippen LogP contribution in [-0.4, -0.2) is 51.1 Å². The van der Waals surface area contributed by atoms with E-state index < -0.39 is 37.1 Å². The molecule has 23 heavy (non-hydrogen) atoms. The topological polar surface area (TPSA) is 82.9 Å². The zero-order chi connectivity index (χ0) is 17.8. The number of aliphatic hydroxyl groups excluding tert-OH is 1. The van der Waals surface area contributed by atoms with Crippen LogP contribution in [0.1, 0.15) is 32.4 Å². The number of aliphatic hydroxyl groups is 1. The summed E-state index contributed by atoms with van der Waals surface area (Å²) >= 11 is 0. The van der Waals surface area contributed by atoms with Gasteiger partial charge < -0.3 is 14.9 Å². The Balaban J connectivity index is 2.97. The molecular weight excluding hydrogens is 317 g/mol. The number of amides is 1. The Hall–Kier alpha value is -2.03. The van der Waals surface area contributed by atoms with Crippen LogP contribution < -0.4 is 4.74 Å². The second-order valence-electron chi connectivity index (χ2n) is 5.86. The first-order valence-corrected chi connectivity index (χ1v) is 6.74. The van der Waals surface area contributed by atoms with Gasteiger partial charge in [0.05, 0.1) is 12.6 Å². The molecule has 0 bridgehead atoms. The fraction of sp³-hybridized carbons (Fsp3) is 0.571. The molecular formula is C14H19F3N2O4. The van der Waals surface area contributed by atoms with Crippen molar-refractivity contribution in [2.45, 2.75) is 38.5 Å². The predicted molar refractivity (Wildman–Crippen MR) is 75.2 cm³/mol. The van der Waals surface area contributed by atoms with Gasteiger partial charge in [-0.1, -0.05) is 0 Å². The molecule has 130 valence electrons. The van der Waals surface area contributed by atoms with E-state index in [1.165, 1.54) is 18.3 Å². The van der Waals surface area contributed by atoms with Crippen LogP contribution in [0.2, 0.25) is 0 Å². The maximum Gasteiger partial charge on any atom is 0.422 e. The van der Waals surface area contributed by atoms with E-state index >= 15 is 0 Å². The number of ether oxygens (including phenoxy) is 1. The molecule has 0 spiro atoms. The van der Waals surface area contributed by atoms with E-state index in [9.17, 15) is 28.2 Å². The Labute approximate surface area is 131 Å². The van der Waals surface area contributed by atoms with E-state index in [0.717, 1.165) is 4.90 Å². The van der Waals surface area contributed by atoms with Gasteiger partial charge in [0.25, 0.3) is 0 Å². The second kappa shape index (κ2) is 7.03. The van der Waals surface area contributed by atoms with Crippen molar-refractivity contribution in [3.05, 3.63) is 23.9 Å². The Morgan fingerprint density at radius 2 is 1.96 bits per heavy atom. The van der Waals surface area contributed by atoms with Crippen molar-refractivity contribution in [1.82, 2.24) is 9.88 Å². The van der Waals surface area contributed by atoms with Gasteiger partial charge >= 0.3 is 12.3 Å². The summed E-state index contributed by atoms with van der Waals surface area (Å²) in [7, 11) is 0. The summed E-state index contributed by atoms with van der Waals surface area (Å²) in [5.74, 6) is -0.236. The maximum atomic E-state index is 12.1. The van der Waals surface area contributed by atoms with Crippen molar-refractivity contribution in [2.24, 2.45) is 0 Å². The molecule has 0 aliphatic rings. The largest absolute Gasteiger partial charge is 0.468 e. The van der Waals surface area contributed by atoms with Crippen molar-refractivity contribution in [3.63, 3.8) is 0 Å². The lowest BCUT2D eigenvalue weighted by atomic mass is 10.00. The van der Waals surface area contributed by atoms with Gasteiger partial charge in [-0.25, -0.2) is 9.78 Å². The summed E-state index contributed by atoms with van der Waals surface area (Å²) in [6.07, 6.45) is -4.51. The SMILES string of the molecule is CC(C)(C)N(C(=O)O)C(CO)c1ccc(OCC(F)(F)F)nc1. The smallest absolute Gasteiger partial charge is 0.422 e. The van der Waals surface area contributed by atoms with Crippen LogP contribution in [0.4, 0.5) is 18.0 Å². The molecule has 1 unspecified atom stereocenters. The Bertz CT molecular complexity index is 526. The Kier molecular flexibility index (Phi) is 5.81. The van der Waals surface area contributed by atoms with E-state index in [0.29, 0.717) is 5.56 Å². The number of alkyl halides is 3. The summed E-state index contributed by atoms with van der Waals surface area (Å²) < 4.78 is 40.7. The molecule has 9 heteroatoms. The minimum atomic E-state index is -4.47. The number of aromatic nitrogens is 1. The first-order valence-electron chi connectivity index (χ1n) is 6.74. The van der Waals surface area contributed by atoms with Gasteiger partial charge in [0, 0.05) is 17.8 Å². The number of pyridine rings is 1. The zero-order valence-corrected chi connectivity index (χ0v) is 13.0. The van der Waals surface area contributed by atoms with Crippen molar-refractivity contribution >= 4 is 6.09 Å². The highest BCUT2D eigenvalue weighted by Crippen LogP contribution is 2.28. The van der Waals surface area contributed by atoms with Gasteiger partial charge in [0.15, 0.2) is 6.61 Å². The van der Waals surface area contributed by atoms with E-state index in [-0.39, 0.29) is 5.88 Å². The summed E-state index contributed by atoms with van der Waals surface area (Å²) in [6, 6.07) is 1.69. The van der Waals surface area contributed by atoms with Gasteiger partial charge in [0.2, 0.25) is 5.88 Å². The number of carbonyl (C=O) groups is 1. The molecule has 6 nitrogen and oxygen atoms in total. The van der Waals surface area contributed by atoms with Crippen LogP contribution in [0.15, 0.2) is 18.3 Å². The number of nitrogens with zero attached hydrogens (tertiary/aromatic N) is 2. The average Bonchev–Trinajstić information content (AvgIpc) is 2.40. The molecule has 0 aliphatic heterocycles. The minimum absolute atomic E-state index is 0.236. The number of rotatable bonds is 5. The van der Waals surface area contributed by atoms with E-state index in [1.807, 2.05) is 0 Å². The Morgan fingerprint density at radius 1 is 1.35 bits per heavy atom. The molecule has 1 heterocycles. The summed E-state index contributed by atoms with van der Waals surface area (Å²) in [5, 5.41) is 18.9. The quantitative estimate of drug-likeness (QED) is 0.864. The third kappa shape index (κ3) is 5.59. The molecule has 1 atom stereocenters. The molecule has 1 aromatic heterocycles. The van der Waals surface area contributed by atoms with Crippen LogP contribution in [0.3, 0.4) is 0 Å². The van der Waals surface area contributed by atoms with Crippen molar-refractivity contribution in [3.8, 4) is 5.88 Å². The number of halogens is 3. The lowest BCUT2D eigenvalue weighted by molar-refractivity contribution is -0.154. The second-order valence-corrected chi connectivity index (χ2v) is 5.86. The van der Waals surface area contributed by atoms with Gasteiger partial charge in [-0.3, -0.25) is 4.90 Å². The highest BCUT2D eigenvalue weighted by Gasteiger charge is 2.34. The first-order chi connectivity index (χ1) is 10.5. The molecule has 0 aromatic carbocycles. The Morgan fingerprint density at radius 3 is 2.30 bits per heavy atom. The van der Waals surface area contributed by atoms with Gasteiger partial charge in [-0.15, -0.1) is 0 Å². The molecule has 1 rings (SSSR count). The van der Waals surface area contributed by atoms with Crippen LogP contribution in [-0.2, 0) is 0 Å². The van der Waals surface area contributed by atoms with Crippen LogP contribution in [0, 0.1) is 0 Å².